The first-order valence-electron chi connectivity index (χ1n) is 7.20. The van der Waals surface area contributed by atoms with Gasteiger partial charge in [-0.3, -0.25) is 9.69 Å². The Balaban J connectivity index is 2.04. The molecule has 2 heterocycles. The molecule has 0 radical (unpaired) electrons. The topological polar surface area (TPSA) is 56.7 Å². The summed E-state index contributed by atoms with van der Waals surface area (Å²) in [6, 6.07) is -0.0518. The summed E-state index contributed by atoms with van der Waals surface area (Å²) in [5.41, 5.74) is 0. The van der Waals surface area contributed by atoms with Crippen molar-refractivity contribution in [2.75, 3.05) is 26.7 Å². The van der Waals surface area contributed by atoms with Crippen molar-refractivity contribution >= 4 is 17.2 Å². The van der Waals surface area contributed by atoms with Crippen LogP contribution < -0.4 is 0 Å². The molecule has 1 aliphatic rings. The van der Waals surface area contributed by atoms with Gasteiger partial charge in [0, 0.05) is 18.1 Å². The lowest BCUT2D eigenvalue weighted by molar-refractivity contribution is -0.137. The van der Waals surface area contributed by atoms with Crippen molar-refractivity contribution in [3.63, 3.8) is 0 Å². The number of nitrogens with zero attached hydrogens (tertiary/aromatic N) is 3. The SMILES string of the molecule is CN1CCCCC[C@@H]1C(=O)N(CCO)Cc1nccs1. The Labute approximate surface area is 124 Å². The van der Waals surface area contributed by atoms with E-state index in [1.165, 1.54) is 6.42 Å². The molecule has 0 aliphatic carbocycles. The molecule has 1 aromatic heterocycles. The fraction of sp³-hybridized carbons (Fsp3) is 0.714. The second-order valence-corrected chi connectivity index (χ2v) is 6.23. The molecule has 1 saturated heterocycles. The van der Waals surface area contributed by atoms with E-state index < -0.39 is 0 Å². The molecular formula is C14H23N3O2S. The number of likely N-dealkylation sites (N-methyl/N-ethyl adjacent to an activating group) is 1. The first kappa shape index (κ1) is 15.4. The number of hydrogen-bond donors (Lipinski definition) is 1. The standard InChI is InChI=1S/C14H23N3O2S/c1-16-7-4-2-3-5-12(16)14(19)17(8-9-18)11-13-15-6-10-20-13/h6,10,12,18H,2-5,7-9,11H2,1H3/t12-/m1/s1. The Morgan fingerprint density at radius 3 is 3.10 bits per heavy atom. The summed E-state index contributed by atoms with van der Waals surface area (Å²) in [5, 5.41) is 12.0. The molecule has 1 N–H and O–H groups in total. The largest absolute Gasteiger partial charge is 0.395 e. The van der Waals surface area contributed by atoms with Crippen molar-refractivity contribution in [1.29, 1.82) is 0 Å². The van der Waals surface area contributed by atoms with Gasteiger partial charge in [0.15, 0.2) is 0 Å². The third kappa shape index (κ3) is 4.01. The van der Waals surface area contributed by atoms with Crippen molar-refractivity contribution in [2.24, 2.45) is 0 Å². The number of carbonyl (C=O) groups excluding carboxylic acids is 1. The molecule has 112 valence electrons. The van der Waals surface area contributed by atoms with Gasteiger partial charge in [-0.2, -0.15) is 0 Å². The van der Waals surface area contributed by atoms with E-state index in [0.29, 0.717) is 13.1 Å². The number of carbonyl (C=O) groups is 1. The summed E-state index contributed by atoms with van der Waals surface area (Å²) < 4.78 is 0. The summed E-state index contributed by atoms with van der Waals surface area (Å²) in [5.74, 6) is 0.124. The average molecular weight is 297 g/mol. The van der Waals surface area contributed by atoms with Gasteiger partial charge < -0.3 is 10.0 Å². The van der Waals surface area contributed by atoms with Crippen LogP contribution in [0.2, 0.25) is 0 Å². The van der Waals surface area contributed by atoms with Crippen molar-refractivity contribution in [3.8, 4) is 0 Å². The van der Waals surface area contributed by atoms with Crippen LogP contribution in [0.4, 0.5) is 0 Å². The van der Waals surface area contributed by atoms with Crippen LogP contribution in [-0.2, 0) is 11.3 Å². The van der Waals surface area contributed by atoms with Gasteiger partial charge in [0.2, 0.25) is 5.91 Å². The molecule has 0 saturated carbocycles. The van der Waals surface area contributed by atoms with E-state index in [2.05, 4.69) is 9.88 Å². The molecule has 6 heteroatoms. The monoisotopic (exact) mass is 297 g/mol. The zero-order valence-corrected chi connectivity index (χ0v) is 12.8. The van der Waals surface area contributed by atoms with Crippen LogP contribution in [0.25, 0.3) is 0 Å². The van der Waals surface area contributed by atoms with E-state index in [1.54, 1.807) is 22.4 Å². The maximum absolute atomic E-state index is 12.7. The maximum Gasteiger partial charge on any atom is 0.240 e. The second-order valence-electron chi connectivity index (χ2n) is 5.25. The van der Waals surface area contributed by atoms with Crippen LogP contribution in [0.1, 0.15) is 30.7 Å². The highest BCUT2D eigenvalue weighted by molar-refractivity contribution is 7.09. The van der Waals surface area contributed by atoms with E-state index in [0.717, 1.165) is 30.8 Å². The van der Waals surface area contributed by atoms with Crippen molar-refractivity contribution < 1.29 is 9.90 Å². The molecule has 2 rings (SSSR count). The van der Waals surface area contributed by atoms with E-state index in [-0.39, 0.29) is 18.6 Å². The number of hydrogen-bond acceptors (Lipinski definition) is 5. The van der Waals surface area contributed by atoms with E-state index in [1.807, 2.05) is 12.4 Å². The van der Waals surface area contributed by atoms with Gasteiger partial charge in [-0.15, -0.1) is 11.3 Å². The third-order valence-electron chi connectivity index (χ3n) is 3.80. The molecule has 0 spiro atoms. The van der Waals surface area contributed by atoms with E-state index in [4.69, 9.17) is 0 Å². The van der Waals surface area contributed by atoms with E-state index >= 15 is 0 Å². The number of likely N-dealkylation sites (tertiary alicyclic amines) is 1. The molecule has 1 atom stereocenters. The highest BCUT2D eigenvalue weighted by Crippen LogP contribution is 2.18. The first-order valence-corrected chi connectivity index (χ1v) is 8.08. The molecule has 5 nitrogen and oxygen atoms in total. The molecule has 0 aromatic carbocycles. The Hall–Kier alpha value is -0.980. The number of aliphatic hydroxyl groups excluding tert-OH is 1. The molecule has 1 amide bonds. The molecule has 1 aromatic rings. The number of thiazole rings is 1. The van der Waals surface area contributed by atoms with Crippen molar-refractivity contribution in [1.82, 2.24) is 14.8 Å². The quantitative estimate of drug-likeness (QED) is 0.891. The molecule has 0 unspecified atom stereocenters. The summed E-state index contributed by atoms with van der Waals surface area (Å²) in [7, 11) is 2.02. The van der Waals surface area contributed by atoms with Gasteiger partial charge in [-0.25, -0.2) is 4.98 Å². The number of amides is 1. The van der Waals surface area contributed by atoms with Crippen LogP contribution >= 0.6 is 11.3 Å². The molecule has 1 fully saturated rings. The predicted molar refractivity (Wildman–Crippen MR) is 79.5 cm³/mol. The smallest absolute Gasteiger partial charge is 0.240 e. The zero-order valence-electron chi connectivity index (χ0n) is 12.0. The maximum atomic E-state index is 12.7. The van der Waals surface area contributed by atoms with Gasteiger partial charge in [-0.1, -0.05) is 12.8 Å². The average Bonchev–Trinajstić information content (AvgIpc) is 2.85. The van der Waals surface area contributed by atoms with Gasteiger partial charge in [0.1, 0.15) is 5.01 Å². The summed E-state index contributed by atoms with van der Waals surface area (Å²) >= 11 is 1.55. The van der Waals surface area contributed by atoms with Gasteiger partial charge in [0.05, 0.1) is 19.2 Å². The Morgan fingerprint density at radius 1 is 1.55 bits per heavy atom. The third-order valence-corrected chi connectivity index (χ3v) is 4.56. The lowest BCUT2D eigenvalue weighted by atomic mass is 10.1. The first-order chi connectivity index (χ1) is 9.72. The molecular weight excluding hydrogens is 274 g/mol. The lowest BCUT2D eigenvalue weighted by Crippen LogP contribution is -2.47. The molecule has 1 aliphatic heterocycles. The Kier molecular flexibility index (Phi) is 5.94. The highest BCUT2D eigenvalue weighted by atomic mass is 32.1. The predicted octanol–water partition coefficient (Wildman–Crippen LogP) is 1.34. The minimum atomic E-state index is -0.0518. The van der Waals surface area contributed by atoms with E-state index in [9.17, 15) is 9.90 Å². The van der Waals surface area contributed by atoms with Crippen LogP contribution in [0, 0.1) is 0 Å². The Morgan fingerprint density at radius 2 is 2.40 bits per heavy atom. The van der Waals surface area contributed by atoms with Crippen LogP contribution in [-0.4, -0.2) is 58.6 Å². The summed E-state index contributed by atoms with van der Waals surface area (Å²) in [4.78, 5) is 20.9. The molecule has 20 heavy (non-hydrogen) atoms. The van der Waals surface area contributed by atoms with Gasteiger partial charge in [0.25, 0.3) is 0 Å². The molecule has 0 bridgehead atoms. The van der Waals surface area contributed by atoms with Crippen molar-refractivity contribution in [2.45, 2.75) is 38.3 Å². The fourth-order valence-corrected chi connectivity index (χ4v) is 3.29. The minimum Gasteiger partial charge on any atom is -0.395 e. The number of aromatic nitrogens is 1. The second kappa shape index (κ2) is 7.71. The fourth-order valence-electron chi connectivity index (χ4n) is 2.66. The normalized spacial score (nSPS) is 20.6. The zero-order chi connectivity index (χ0) is 14.4. The van der Waals surface area contributed by atoms with Gasteiger partial charge in [-0.05, 0) is 26.4 Å². The highest BCUT2D eigenvalue weighted by Gasteiger charge is 2.28. The van der Waals surface area contributed by atoms with Crippen molar-refractivity contribution in [3.05, 3.63) is 16.6 Å². The lowest BCUT2D eigenvalue weighted by Gasteiger charge is -2.30. The summed E-state index contributed by atoms with van der Waals surface area (Å²) in [6.45, 7) is 1.85. The van der Waals surface area contributed by atoms with Crippen LogP contribution in [0.5, 0.6) is 0 Å². The number of rotatable bonds is 5. The number of aliphatic hydroxyl groups is 1. The van der Waals surface area contributed by atoms with Crippen LogP contribution in [0.15, 0.2) is 11.6 Å². The van der Waals surface area contributed by atoms with Gasteiger partial charge >= 0.3 is 0 Å². The Bertz CT molecular complexity index is 411. The summed E-state index contributed by atoms with van der Waals surface area (Å²) in [6.07, 6.45) is 6.12. The van der Waals surface area contributed by atoms with Crippen LogP contribution in [0.3, 0.4) is 0 Å². The minimum absolute atomic E-state index is 0.00640.